The van der Waals surface area contributed by atoms with Crippen molar-refractivity contribution in [3.8, 4) is 0 Å². The van der Waals surface area contributed by atoms with Crippen LogP contribution in [0.25, 0.3) is 0 Å². The Kier molecular flexibility index (Phi) is 7.23. The van der Waals surface area contributed by atoms with Gasteiger partial charge in [-0.25, -0.2) is 8.42 Å². The van der Waals surface area contributed by atoms with Crippen LogP contribution < -0.4 is 5.73 Å². The quantitative estimate of drug-likeness (QED) is 0.661. The third-order valence-corrected chi connectivity index (χ3v) is 8.90. The largest absolute Gasteiger partial charge is 0.744 e. The molecule has 0 saturated heterocycles. The third-order valence-electron chi connectivity index (χ3n) is 8.05. The number of hydrogen-bond acceptors (Lipinski definition) is 3. The van der Waals surface area contributed by atoms with Crippen molar-refractivity contribution in [2.24, 2.45) is 11.3 Å². The molecule has 4 rings (SSSR count). The highest BCUT2D eigenvalue weighted by Crippen LogP contribution is 2.56. The molecule has 176 valence electrons. The van der Waals surface area contributed by atoms with E-state index in [0.29, 0.717) is 16.7 Å². The summed E-state index contributed by atoms with van der Waals surface area (Å²) < 4.78 is 31.2. The van der Waals surface area contributed by atoms with Crippen molar-refractivity contribution in [1.29, 1.82) is 0 Å². The summed E-state index contributed by atoms with van der Waals surface area (Å²) in [6.45, 7) is 12.5. The molecule has 3 atom stereocenters. The highest BCUT2D eigenvalue weighted by Gasteiger charge is 2.51. The summed E-state index contributed by atoms with van der Waals surface area (Å²) in [6, 6.07) is 13.1. The van der Waals surface area contributed by atoms with Crippen LogP contribution in [0, 0.1) is 18.3 Å². The molecule has 2 aliphatic carbocycles. The van der Waals surface area contributed by atoms with Crippen molar-refractivity contribution in [1.82, 2.24) is 0 Å². The first-order valence-electron chi connectivity index (χ1n) is 11.9. The van der Waals surface area contributed by atoms with E-state index in [2.05, 4.69) is 51.6 Å². The predicted molar refractivity (Wildman–Crippen MR) is 129 cm³/mol. The standard InChI is InChI=1S/C20H31N.C7H8O3S/c1-14(2)15-6-8-17-16(12-15)7-9-18-19(3,13-21)10-5-11-20(17,18)4;1-6-2-4-7(5-3-6)11(8,9)10/h6,8,12,14,18H,5,7,9-11,13,21H2,1-4H3;2-5H,1H3,(H,8,9,10)/t18-,19-,20+;/m0./s1. The lowest BCUT2D eigenvalue weighted by atomic mass is 9.50. The van der Waals surface area contributed by atoms with Crippen LogP contribution in [-0.4, -0.2) is 19.5 Å². The third kappa shape index (κ3) is 4.95. The van der Waals surface area contributed by atoms with Gasteiger partial charge in [-0.2, -0.15) is 0 Å². The van der Waals surface area contributed by atoms with Crippen molar-refractivity contribution < 1.29 is 18.7 Å². The van der Waals surface area contributed by atoms with Crippen LogP contribution in [0.15, 0.2) is 47.4 Å². The minimum atomic E-state index is -4.27. The minimum absolute atomic E-state index is 0.178. The molecule has 2 aliphatic rings. The van der Waals surface area contributed by atoms with Crippen LogP contribution >= 0.6 is 0 Å². The van der Waals surface area contributed by atoms with E-state index in [9.17, 15) is 13.0 Å². The lowest BCUT2D eigenvalue weighted by molar-refractivity contribution is -0.399. The van der Waals surface area contributed by atoms with Gasteiger partial charge >= 0.3 is 0 Å². The van der Waals surface area contributed by atoms with Gasteiger partial charge in [0.05, 0.1) is 11.4 Å². The maximum atomic E-state index is 10.4. The minimum Gasteiger partial charge on any atom is -0.744 e. The smallest absolute Gasteiger partial charge is 0.124 e. The molecular weight excluding hydrogens is 418 g/mol. The van der Waals surface area contributed by atoms with E-state index in [1.54, 1.807) is 23.3 Å². The maximum Gasteiger partial charge on any atom is 0.124 e. The molecule has 1 saturated carbocycles. The molecule has 2 aromatic rings. The zero-order chi connectivity index (χ0) is 23.7. The van der Waals surface area contributed by atoms with Gasteiger partial charge in [0.25, 0.3) is 0 Å². The SMILES string of the molecule is CC(C)c1ccc2c(c1)CC[C@H]1[C@](C)(C[NH3+])CCC[C@]21C.Cc1ccc(S(=O)(=O)[O-])cc1. The van der Waals surface area contributed by atoms with Crippen LogP contribution in [0.5, 0.6) is 0 Å². The Morgan fingerprint density at radius 1 is 1.09 bits per heavy atom. The lowest BCUT2D eigenvalue weighted by Crippen LogP contribution is -2.63. The second-order valence-electron chi connectivity index (χ2n) is 10.6. The summed E-state index contributed by atoms with van der Waals surface area (Å²) in [5.74, 6) is 1.45. The number of benzene rings is 2. The summed E-state index contributed by atoms with van der Waals surface area (Å²) >= 11 is 0. The van der Waals surface area contributed by atoms with Gasteiger partial charge in [0.2, 0.25) is 0 Å². The molecule has 1 fully saturated rings. The molecule has 0 unspecified atom stereocenters. The predicted octanol–water partition coefficient (Wildman–Crippen LogP) is 4.96. The fraction of sp³-hybridized carbons (Fsp3) is 0.556. The van der Waals surface area contributed by atoms with Gasteiger partial charge in [-0.05, 0) is 78.7 Å². The van der Waals surface area contributed by atoms with E-state index >= 15 is 0 Å². The Labute approximate surface area is 194 Å². The fourth-order valence-electron chi connectivity index (χ4n) is 6.01. The van der Waals surface area contributed by atoms with Gasteiger partial charge in [0, 0.05) is 5.41 Å². The summed E-state index contributed by atoms with van der Waals surface area (Å²) in [4.78, 5) is -0.178. The summed E-state index contributed by atoms with van der Waals surface area (Å²) in [6.07, 6.45) is 6.73. The second-order valence-corrected chi connectivity index (χ2v) is 12.0. The Morgan fingerprint density at radius 3 is 2.31 bits per heavy atom. The topological polar surface area (TPSA) is 84.8 Å². The molecular formula is C27H39NO3S. The van der Waals surface area contributed by atoms with E-state index in [1.165, 1.54) is 49.8 Å². The van der Waals surface area contributed by atoms with Crippen LogP contribution in [-0.2, 0) is 22.0 Å². The average Bonchev–Trinajstić information content (AvgIpc) is 2.73. The van der Waals surface area contributed by atoms with Crippen molar-refractivity contribution >= 4 is 10.1 Å². The average molecular weight is 458 g/mol. The van der Waals surface area contributed by atoms with Crippen LogP contribution in [0.3, 0.4) is 0 Å². The van der Waals surface area contributed by atoms with E-state index in [0.717, 1.165) is 18.0 Å². The normalized spacial score (nSPS) is 27.2. The first-order chi connectivity index (χ1) is 14.9. The molecule has 0 aliphatic heterocycles. The fourth-order valence-corrected chi connectivity index (χ4v) is 6.48. The van der Waals surface area contributed by atoms with Crippen LogP contribution in [0.4, 0.5) is 0 Å². The molecule has 0 spiro atoms. The van der Waals surface area contributed by atoms with Gasteiger partial charge in [-0.1, -0.05) is 70.0 Å². The summed E-state index contributed by atoms with van der Waals surface area (Å²) in [5, 5.41) is 0. The highest BCUT2D eigenvalue weighted by molar-refractivity contribution is 7.85. The molecule has 0 aromatic heterocycles. The van der Waals surface area contributed by atoms with Crippen molar-refractivity contribution in [3.63, 3.8) is 0 Å². The molecule has 32 heavy (non-hydrogen) atoms. The Morgan fingerprint density at radius 2 is 1.75 bits per heavy atom. The molecule has 2 aromatic carbocycles. The van der Waals surface area contributed by atoms with Crippen molar-refractivity contribution in [2.75, 3.05) is 6.54 Å². The Bertz CT molecular complexity index is 1050. The summed E-state index contributed by atoms with van der Waals surface area (Å²) in [5.41, 5.74) is 10.8. The van der Waals surface area contributed by atoms with Gasteiger partial charge in [0.15, 0.2) is 0 Å². The van der Waals surface area contributed by atoms with E-state index in [-0.39, 0.29) is 4.90 Å². The molecule has 0 bridgehead atoms. The molecule has 0 radical (unpaired) electrons. The first-order valence-corrected chi connectivity index (χ1v) is 13.3. The molecule has 0 heterocycles. The van der Waals surface area contributed by atoms with Crippen LogP contribution in [0.1, 0.15) is 81.5 Å². The number of quaternary nitrogens is 1. The van der Waals surface area contributed by atoms with E-state index in [1.807, 2.05) is 6.92 Å². The number of hydrogen-bond donors (Lipinski definition) is 1. The zero-order valence-corrected chi connectivity index (χ0v) is 21.1. The Hall–Kier alpha value is -1.69. The summed E-state index contributed by atoms with van der Waals surface area (Å²) in [7, 11) is -4.27. The van der Waals surface area contributed by atoms with Gasteiger partial charge in [-0.3, -0.25) is 0 Å². The number of rotatable bonds is 3. The van der Waals surface area contributed by atoms with Crippen LogP contribution in [0.2, 0.25) is 0 Å². The number of aryl methyl sites for hydroxylation is 2. The monoisotopic (exact) mass is 457 g/mol. The first kappa shape index (κ1) is 24.9. The van der Waals surface area contributed by atoms with E-state index in [4.69, 9.17) is 0 Å². The highest BCUT2D eigenvalue weighted by atomic mass is 32.2. The number of fused-ring (bicyclic) bond motifs is 3. The van der Waals surface area contributed by atoms with Gasteiger partial charge in [0.1, 0.15) is 10.1 Å². The van der Waals surface area contributed by atoms with Gasteiger partial charge < -0.3 is 10.3 Å². The lowest BCUT2D eigenvalue weighted by Gasteiger charge is -2.54. The zero-order valence-electron chi connectivity index (χ0n) is 20.3. The van der Waals surface area contributed by atoms with E-state index < -0.39 is 10.1 Å². The maximum absolute atomic E-state index is 10.4. The van der Waals surface area contributed by atoms with Crippen molar-refractivity contribution in [2.45, 2.75) is 83.0 Å². The van der Waals surface area contributed by atoms with Crippen molar-refractivity contribution in [3.05, 3.63) is 64.7 Å². The molecule has 3 N–H and O–H groups in total. The molecule has 5 heteroatoms. The molecule has 0 amide bonds. The van der Waals surface area contributed by atoms with Gasteiger partial charge in [-0.15, -0.1) is 0 Å². The molecule has 4 nitrogen and oxygen atoms in total. The second kappa shape index (κ2) is 9.28. The Balaban J connectivity index is 0.000000222.